The minimum absolute atomic E-state index is 0.287. The molecule has 0 aliphatic rings. The monoisotopic (exact) mass is 222 g/mol. The molecule has 1 unspecified atom stereocenters. The summed E-state index contributed by atoms with van der Waals surface area (Å²) in [5, 5.41) is 0.339. The number of pyridine rings is 1. The van der Waals surface area contributed by atoms with E-state index in [1.807, 2.05) is 13.0 Å². The molecule has 0 bridgehead atoms. The SMILES string of the molecule is Cc1ccncc1C(N)c1ccoc1Cl. The molecule has 0 saturated heterocycles. The summed E-state index contributed by atoms with van der Waals surface area (Å²) in [5.41, 5.74) is 8.91. The molecule has 0 spiro atoms. The lowest BCUT2D eigenvalue weighted by Gasteiger charge is -2.12. The molecule has 3 nitrogen and oxygen atoms in total. The molecule has 0 aliphatic heterocycles. The van der Waals surface area contributed by atoms with Crippen molar-refractivity contribution < 1.29 is 4.42 Å². The summed E-state index contributed by atoms with van der Waals surface area (Å²) < 4.78 is 5.01. The van der Waals surface area contributed by atoms with Crippen molar-refractivity contribution in [2.24, 2.45) is 5.73 Å². The number of halogens is 1. The molecule has 0 amide bonds. The van der Waals surface area contributed by atoms with Crippen LogP contribution in [0.2, 0.25) is 5.22 Å². The predicted molar refractivity (Wildman–Crippen MR) is 58.7 cm³/mol. The predicted octanol–water partition coefficient (Wildman–Crippen LogP) is 2.68. The van der Waals surface area contributed by atoms with Crippen LogP contribution < -0.4 is 5.73 Å². The van der Waals surface area contributed by atoms with E-state index in [2.05, 4.69) is 4.98 Å². The first-order chi connectivity index (χ1) is 7.20. The maximum Gasteiger partial charge on any atom is 0.198 e. The Morgan fingerprint density at radius 2 is 2.20 bits per heavy atom. The van der Waals surface area contributed by atoms with Gasteiger partial charge in [-0.2, -0.15) is 0 Å². The second-order valence-electron chi connectivity index (χ2n) is 3.36. The third kappa shape index (κ3) is 1.89. The van der Waals surface area contributed by atoms with Gasteiger partial charge in [-0.15, -0.1) is 0 Å². The number of aromatic nitrogens is 1. The molecular formula is C11H11ClN2O. The number of rotatable bonds is 2. The van der Waals surface area contributed by atoms with Gasteiger partial charge < -0.3 is 10.2 Å². The van der Waals surface area contributed by atoms with E-state index in [4.69, 9.17) is 21.8 Å². The molecule has 0 saturated carbocycles. The molecule has 2 aromatic heterocycles. The third-order valence-corrected chi connectivity index (χ3v) is 2.70. The Labute approximate surface area is 92.9 Å². The second-order valence-corrected chi connectivity index (χ2v) is 3.70. The average molecular weight is 223 g/mol. The van der Waals surface area contributed by atoms with Crippen LogP contribution in [0.25, 0.3) is 0 Å². The Bertz CT molecular complexity index is 467. The zero-order chi connectivity index (χ0) is 10.8. The van der Waals surface area contributed by atoms with Crippen LogP contribution in [0.15, 0.2) is 35.2 Å². The van der Waals surface area contributed by atoms with Gasteiger partial charge in [0.15, 0.2) is 5.22 Å². The van der Waals surface area contributed by atoms with Crippen LogP contribution in [-0.4, -0.2) is 4.98 Å². The highest BCUT2D eigenvalue weighted by Crippen LogP contribution is 2.28. The maximum absolute atomic E-state index is 6.08. The van der Waals surface area contributed by atoms with Gasteiger partial charge in [0.25, 0.3) is 0 Å². The van der Waals surface area contributed by atoms with E-state index in [1.54, 1.807) is 18.5 Å². The van der Waals surface area contributed by atoms with Gasteiger partial charge in [-0.1, -0.05) is 0 Å². The van der Waals surface area contributed by atoms with Gasteiger partial charge in [0.2, 0.25) is 0 Å². The Morgan fingerprint density at radius 3 is 2.80 bits per heavy atom. The molecule has 0 radical (unpaired) electrons. The third-order valence-electron chi connectivity index (χ3n) is 2.40. The van der Waals surface area contributed by atoms with Crippen LogP contribution in [0.3, 0.4) is 0 Å². The highest BCUT2D eigenvalue weighted by molar-refractivity contribution is 6.29. The molecule has 0 aromatic carbocycles. The topological polar surface area (TPSA) is 52.0 Å². The summed E-state index contributed by atoms with van der Waals surface area (Å²) in [6, 6.07) is 3.41. The van der Waals surface area contributed by atoms with Crippen molar-refractivity contribution in [2.45, 2.75) is 13.0 Å². The smallest absolute Gasteiger partial charge is 0.198 e. The highest BCUT2D eigenvalue weighted by Gasteiger charge is 2.16. The summed E-state index contributed by atoms with van der Waals surface area (Å²) in [4.78, 5) is 4.05. The Hall–Kier alpha value is -1.32. The van der Waals surface area contributed by atoms with Crippen molar-refractivity contribution in [1.82, 2.24) is 4.98 Å². The van der Waals surface area contributed by atoms with Gasteiger partial charge in [-0.05, 0) is 41.8 Å². The molecule has 1 atom stereocenters. The van der Waals surface area contributed by atoms with Crippen LogP contribution in [0, 0.1) is 6.92 Å². The molecule has 0 aliphatic carbocycles. The number of hydrogen-bond acceptors (Lipinski definition) is 3. The largest absolute Gasteiger partial charge is 0.453 e. The van der Waals surface area contributed by atoms with Gasteiger partial charge in [0.1, 0.15) is 0 Å². The van der Waals surface area contributed by atoms with Gasteiger partial charge in [0.05, 0.1) is 12.3 Å². The minimum atomic E-state index is -0.287. The summed E-state index contributed by atoms with van der Waals surface area (Å²) in [7, 11) is 0. The molecule has 4 heteroatoms. The van der Waals surface area contributed by atoms with Crippen LogP contribution >= 0.6 is 11.6 Å². The fourth-order valence-electron chi connectivity index (χ4n) is 1.50. The lowest BCUT2D eigenvalue weighted by molar-refractivity contribution is 0.564. The molecule has 0 fully saturated rings. The van der Waals surface area contributed by atoms with Crippen molar-refractivity contribution in [3.8, 4) is 0 Å². The number of aryl methyl sites for hydroxylation is 1. The summed E-state index contributed by atoms with van der Waals surface area (Å²) in [5.74, 6) is 0. The Morgan fingerprint density at radius 1 is 1.40 bits per heavy atom. The van der Waals surface area contributed by atoms with Gasteiger partial charge in [-0.25, -0.2) is 0 Å². The molecule has 2 rings (SSSR count). The lowest BCUT2D eigenvalue weighted by Crippen LogP contribution is -2.13. The van der Waals surface area contributed by atoms with Crippen LogP contribution in [0.4, 0.5) is 0 Å². The first kappa shape index (κ1) is 10.2. The number of nitrogens with zero attached hydrogens (tertiary/aromatic N) is 1. The summed E-state index contributed by atoms with van der Waals surface area (Å²) in [6.07, 6.45) is 5.02. The molecule has 2 N–H and O–H groups in total. The number of nitrogens with two attached hydrogens (primary N) is 1. The zero-order valence-electron chi connectivity index (χ0n) is 8.27. The van der Waals surface area contributed by atoms with Crippen LogP contribution in [0.5, 0.6) is 0 Å². The second kappa shape index (κ2) is 4.04. The standard InChI is InChI=1S/C11H11ClN2O/c1-7-2-4-14-6-9(7)10(13)8-3-5-15-11(8)12/h2-6,10H,13H2,1H3. The quantitative estimate of drug-likeness (QED) is 0.850. The van der Waals surface area contributed by atoms with E-state index in [0.717, 1.165) is 16.7 Å². The molecule has 78 valence electrons. The van der Waals surface area contributed by atoms with Crippen molar-refractivity contribution in [3.63, 3.8) is 0 Å². The number of hydrogen-bond donors (Lipinski definition) is 1. The minimum Gasteiger partial charge on any atom is -0.453 e. The normalized spacial score (nSPS) is 12.7. The van der Waals surface area contributed by atoms with Crippen molar-refractivity contribution in [1.29, 1.82) is 0 Å². The average Bonchev–Trinajstić information content (AvgIpc) is 2.64. The van der Waals surface area contributed by atoms with Crippen molar-refractivity contribution in [3.05, 3.63) is 52.7 Å². The lowest BCUT2D eigenvalue weighted by atomic mass is 10.00. The van der Waals surface area contributed by atoms with E-state index in [1.165, 1.54) is 6.26 Å². The maximum atomic E-state index is 6.08. The van der Waals surface area contributed by atoms with Crippen LogP contribution in [0.1, 0.15) is 22.7 Å². The molecule has 2 aromatic rings. The van der Waals surface area contributed by atoms with E-state index < -0.39 is 0 Å². The van der Waals surface area contributed by atoms with E-state index >= 15 is 0 Å². The Kier molecular flexibility index (Phi) is 2.75. The first-order valence-electron chi connectivity index (χ1n) is 4.59. The zero-order valence-corrected chi connectivity index (χ0v) is 9.03. The molecule has 2 heterocycles. The van der Waals surface area contributed by atoms with Crippen molar-refractivity contribution >= 4 is 11.6 Å². The highest BCUT2D eigenvalue weighted by atomic mass is 35.5. The van der Waals surface area contributed by atoms with Gasteiger partial charge in [-0.3, -0.25) is 4.98 Å². The fourth-order valence-corrected chi connectivity index (χ4v) is 1.73. The molecule has 15 heavy (non-hydrogen) atoms. The number of furan rings is 1. The van der Waals surface area contributed by atoms with Crippen LogP contribution in [-0.2, 0) is 0 Å². The van der Waals surface area contributed by atoms with E-state index in [0.29, 0.717) is 5.22 Å². The Balaban J connectivity index is 2.41. The van der Waals surface area contributed by atoms with E-state index in [9.17, 15) is 0 Å². The summed E-state index contributed by atoms with van der Waals surface area (Å²) in [6.45, 7) is 1.99. The van der Waals surface area contributed by atoms with E-state index in [-0.39, 0.29) is 6.04 Å². The van der Waals surface area contributed by atoms with Crippen molar-refractivity contribution in [2.75, 3.05) is 0 Å². The fraction of sp³-hybridized carbons (Fsp3) is 0.182. The van der Waals surface area contributed by atoms with Gasteiger partial charge >= 0.3 is 0 Å². The first-order valence-corrected chi connectivity index (χ1v) is 4.97. The summed E-state index contributed by atoms with van der Waals surface area (Å²) >= 11 is 5.87. The van der Waals surface area contributed by atoms with Gasteiger partial charge in [0, 0.05) is 18.0 Å². The molecular weight excluding hydrogens is 212 g/mol.